The fourth-order valence-electron chi connectivity index (χ4n) is 1.49. The van der Waals surface area contributed by atoms with Crippen LogP contribution in [-0.2, 0) is 13.6 Å². The third-order valence-corrected chi connectivity index (χ3v) is 4.88. The van der Waals surface area contributed by atoms with Gasteiger partial charge in [0.1, 0.15) is 0 Å². The summed E-state index contributed by atoms with van der Waals surface area (Å²) in [6, 6.07) is 3.96. The molecule has 112 valence electrons. The minimum absolute atomic E-state index is 0.0234. The number of hydrogen-bond acceptors (Lipinski definition) is 4. The molecule has 0 heterocycles. The van der Waals surface area contributed by atoms with Crippen LogP contribution in [0.2, 0.25) is 10.0 Å². The van der Waals surface area contributed by atoms with Gasteiger partial charge in [-0.2, -0.15) is 0 Å². The molecule has 0 spiro atoms. The highest BCUT2D eigenvalue weighted by Gasteiger charge is 2.42. The van der Waals surface area contributed by atoms with E-state index in [0.29, 0.717) is 5.02 Å². The van der Waals surface area contributed by atoms with E-state index in [1.54, 1.807) is 0 Å². The zero-order valence-corrected chi connectivity index (χ0v) is 13.3. The second-order valence-electron chi connectivity index (χ2n) is 3.70. The molecular formula is C12H14Cl2FO4P. The van der Waals surface area contributed by atoms with Crippen molar-refractivity contribution in [1.82, 2.24) is 0 Å². The van der Waals surface area contributed by atoms with E-state index in [9.17, 15) is 13.8 Å². The molecule has 0 radical (unpaired) electrons. The SMILES string of the molecule is CCOP(=O)(OCC)C(F)C(=O)c1ccc(Cl)cc1Cl. The highest BCUT2D eigenvalue weighted by Crippen LogP contribution is 2.54. The van der Waals surface area contributed by atoms with Gasteiger partial charge < -0.3 is 9.05 Å². The number of carbonyl (C=O) groups is 1. The van der Waals surface area contributed by atoms with Gasteiger partial charge in [-0.1, -0.05) is 23.2 Å². The molecule has 1 aromatic carbocycles. The van der Waals surface area contributed by atoms with E-state index in [2.05, 4.69) is 0 Å². The highest BCUT2D eigenvalue weighted by molar-refractivity contribution is 7.55. The minimum atomic E-state index is -4.17. The van der Waals surface area contributed by atoms with Gasteiger partial charge in [-0.15, -0.1) is 0 Å². The van der Waals surface area contributed by atoms with Gasteiger partial charge in [0, 0.05) is 10.6 Å². The first-order chi connectivity index (χ1) is 9.35. The molecule has 0 bridgehead atoms. The van der Waals surface area contributed by atoms with Crippen molar-refractivity contribution in [2.24, 2.45) is 0 Å². The summed E-state index contributed by atoms with van der Waals surface area (Å²) in [6.45, 7) is 2.97. The predicted molar refractivity (Wildman–Crippen MR) is 76.5 cm³/mol. The van der Waals surface area contributed by atoms with Crippen LogP contribution in [0.25, 0.3) is 0 Å². The van der Waals surface area contributed by atoms with Gasteiger partial charge in [-0.25, -0.2) is 4.39 Å². The molecule has 0 aliphatic carbocycles. The number of alkyl halides is 1. The van der Waals surface area contributed by atoms with Crippen molar-refractivity contribution in [2.75, 3.05) is 13.2 Å². The maximum atomic E-state index is 14.2. The summed E-state index contributed by atoms with van der Waals surface area (Å²) in [4.78, 5) is 12.0. The molecule has 20 heavy (non-hydrogen) atoms. The topological polar surface area (TPSA) is 52.6 Å². The second kappa shape index (κ2) is 7.53. The van der Waals surface area contributed by atoms with Crippen molar-refractivity contribution in [3.63, 3.8) is 0 Å². The van der Waals surface area contributed by atoms with Gasteiger partial charge in [-0.3, -0.25) is 9.36 Å². The highest BCUT2D eigenvalue weighted by atomic mass is 35.5. The monoisotopic (exact) mass is 342 g/mol. The fraction of sp³-hybridized carbons (Fsp3) is 0.417. The predicted octanol–water partition coefficient (Wildman–Crippen LogP) is 4.74. The largest absolute Gasteiger partial charge is 0.372 e. The third kappa shape index (κ3) is 4.03. The van der Waals surface area contributed by atoms with Gasteiger partial charge in [0.25, 0.3) is 5.91 Å². The van der Waals surface area contributed by atoms with Gasteiger partial charge in [0.15, 0.2) is 0 Å². The Morgan fingerprint density at radius 1 is 1.30 bits per heavy atom. The molecule has 1 rings (SSSR count). The zero-order valence-electron chi connectivity index (χ0n) is 10.9. The van der Waals surface area contributed by atoms with Crippen LogP contribution < -0.4 is 0 Å². The average molecular weight is 343 g/mol. The Kier molecular flexibility index (Phi) is 6.62. The van der Waals surface area contributed by atoms with E-state index < -0.39 is 19.3 Å². The summed E-state index contributed by atoms with van der Waals surface area (Å²) in [7, 11) is -4.17. The second-order valence-corrected chi connectivity index (χ2v) is 6.59. The Morgan fingerprint density at radius 2 is 1.85 bits per heavy atom. The number of hydrogen-bond donors (Lipinski definition) is 0. The van der Waals surface area contributed by atoms with E-state index in [1.807, 2.05) is 0 Å². The summed E-state index contributed by atoms with van der Waals surface area (Å²) >= 11 is 11.5. The zero-order chi connectivity index (χ0) is 15.3. The van der Waals surface area contributed by atoms with E-state index in [-0.39, 0.29) is 23.8 Å². The molecule has 0 aliphatic rings. The minimum Gasteiger partial charge on any atom is -0.307 e. The van der Waals surface area contributed by atoms with Crippen LogP contribution >= 0.6 is 30.8 Å². The first-order valence-electron chi connectivity index (χ1n) is 5.87. The van der Waals surface area contributed by atoms with Crippen LogP contribution in [0.1, 0.15) is 24.2 Å². The first kappa shape index (κ1) is 17.6. The van der Waals surface area contributed by atoms with Crippen LogP contribution in [0, 0.1) is 0 Å². The van der Waals surface area contributed by atoms with Crippen molar-refractivity contribution in [3.05, 3.63) is 33.8 Å². The van der Waals surface area contributed by atoms with Gasteiger partial charge in [0.05, 0.1) is 18.2 Å². The molecule has 0 aliphatic heterocycles. The molecule has 0 N–H and O–H groups in total. The van der Waals surface area contributed by atoms with Gasteiger partial charge in [0.2, 0.25) is 5.78 Å². The Balaban J connectivity index is 3.08. The molecule has 4 nitrogen and oxygen atoms in total. The van der Waals surface area contributed by atoms with Gasteiger partial charge in [-0.05, 0) is 32.0 Å². The lowest BCUT2D eigenvalue weighted by Crippen LogP contribution is -2.19. The molecular weight excluding hydrogens is 329 g/mol. The molecule has 0 saturated heterocycles. The Morgan fingerprint density at radius 3 is 2.30 bits per heavy atom. The number of Topliss-reactive ketones (excluding diaryl/α,β-unsaturated/α-hetero) is 1. The first-order valence-corrected chi connectivity index (χ1v) is 8.24. The maximum absolute atomic E-state index is 14.2. The quantitative estimate of drug-likeness (QED) is 0.530. The number of ketones is 1. The van der Waals surface area contributed by atoms with Crippen LogP contribution in [0.5, 0.6) is 0 Å². The summed E-state index contributed by atoms with van der Waals surface area (Å²) in [6.07, 6.45) is 0. The normalized spacial score (nSPS) is 13.2. The molecule has 0 saturated carbocycles. The molecule has 0 fully saturated rings. The van der Waals surface area contributed by atoms with Crippen LogP contribution in [0.4, 0.5) is 4.39 Å². The van der Waals surface area contributed by atoms with Crippen LogP contribution in [0.3, 0.4) is 0 Å². The molecule has 8 heteroatoms. The van der Waals surface area contributed by atoms with Crippen LogP contribution in [0.15, 0.2) is 18.2 Å². The molecule has 1 aromatic rings. The number of benzene rings is 1. The molecule has 0 amide bonds. The summed E-state index contributed by atoms with van der Waals surface area (Å²) in [5.41, 5.74) is -0.122. The number of rotatable bonds is 7. The van der Waals surface area contributed by atoms with E-state index in [1.165, 1.54) is 32.0 Å². The summed E-state index contributed by atoms with van der Waals surface area (Å²) < 4.78 is 36.0. The van der Waals surface area contributed by atoms with Crippen molar-refractivity contribution < 1.29 is 22.8 Å². The van der Waals surface area contributed by atoms with E-state index in [0.717, 1.165) is 0 Å². The van der Waals surface area contributed by atoms with Crippen molar-refractivity contribution in [2.45, 2.75) is 19.8 Å². The van der Waals surface area contributed by atoms with Crippen molar-refractivity contribution in [1.29, 1.82) is 0 Å². The van der Waals surface area contributed by atoms with Crippen molar-refractivity contribution >= 4 is 36.6 Å². The van der Waals surface area contributed by atoms with Crippen molar-refractivity contribution in [3.8, 4) is 0 Å². The van der Waals surface area contributed by atoms with E-state index >= 15 is 0 Å². The van der Waals surface area contributed by atoms with E-state index in [4.69, 9.17) is 32.2 Å². The Bertz CT molecular complexity index is 528. The lowest BCUT2D eigenvalue weighted by Gasteiger charge is -2.20. The number of halogens is 3. The summed E-state index contributed by atoms with van der Waals surface area (Å²) in [5.74, 6) is -3.49. The maximum Gasteiger partial charge on any atom is 0.372 e. The Hall–Kier alpha value is -0.450. The van der Waals surface area contributed by atoms with Crippen LogP contribution in [-0.4, -0.2) is 24.9 Å². The molecule has 1 unspecified atom stereocenters. The standard InChI is InChI=1S/C12H14Cl2FO4P/c1-3-18-20(17,19-4-2)12(15)11(16)9-6-5-8(13)7-10(9)14/h5-7,12H,3-4H2,1-2H3. The average Bonchev–Trinajstić information content (AvgIpc) is 2.37. The lowest BCUT2D eigenvalue weighted by atomic mass is 10.1. The molecule has 1 atom stereocenters. The smallest absolute Gasteiger partial charge is 0.307 e. The lowest BCUT2D eigenvalue weighted by molar-refractivity contribution is 0.0895. The number of carbonyl (C=O) groups excluding carboxylic acids is 1. The molecule has 0 aromatic heterocycles. The third-order valence-electron chi connectivity index (χ3n) is 2.31. The summed E-state index contributed by atoms with van der Waals surface area (Å²) in [5, 5.41) is 0.282. The fourth-order valence-corrected chi connectivity index (χ4v) is 3.47. The Labute approximate surface area is 126 Å². The van der Waals surface area contributed by atoms with Gasteiger partial charge >= 0.3 is 7.60 Å².